The molecule has 0 saturated heterocycles. The number of nitro benzene ring substituents is 1. The first kappa shape index (κ1) is 16.5. The summed E-state index contributed by atoms with van der Waals surface area (Å²) in [6.07, 6.45) is 0. The Labute approximate surface area is 119 Å². The predicted molar refractivity (Wildman–Crippen MR) is 71.2 cm³/mol. The highest BCUT2D eigenvalue weighted by atomic mass is 19.1. The normalized spacial score (nSPS) is 11.6. The van der Waals surface area contributed by atoms with E-state index in [1.54, 1.807) is 6.92 Å². The molecule has 0 radical (unpaired) electrons. The van der Waals surface area contributed by atoms with E-state index < -0.39 is 28.2 Å². The van der Waals surface area contributed by atoms with Gasteiger partial charge in [0.25, 0.3) is 0 Å². The summed E-state index contributed by atoms with van der Waals surface area (Å²) in [6, 6.07) is 2.40. The van der Waals surface area contributed by atoms with E-state index in [0.29, 0.717) is 0 Å². The number of ether oxygens (including phenoxy) is 1. The molecule has 2 N–H and O–H groups in total. The van der Waals surface area contributed by atoms with Crippen molar-refractivity contribution in [2.45, 2.75) is 13.0 Å². The minimum atomic E-state index is -1.03. The van der Waals surface area contributed by atoms with Crippen LogP contribution >= 0.6 is 0 Å². The zero-order valence-corrected chi connectivity index (χ0v) is 11.4. The molecule has 114 valence electrons. The van der Waals surface area contributed by atoms with Gasteiger partial charge < -0.3 is 15.4 Å². The van der Waals surface area contributed by atoms with Gasteiger partial charge in [0.15, 0.2) is 0 Å². The van der Waals surface area contributed by atoms with Crippen LogP contribution < -0.4 is 10.6 Å². The van der Waals surface area contributed by atoms with Crippen LogP contribution in [0.25, 0.3) is 0 Å². The molecule has 2 amide bonds. The van der Waals surface area contributed by atoms with Crippen molar-refractivity contribution in [3.8, 4) is 0 Å². The van der Waals surface area contributed by atoms with Gasteiger partial charge in [0.1, 0.15) is 0 Å². The van der Waals surface area contributed by atoms with E-state index in [1.807, 2.05) is 0 Å². The summed E-state index contributed by atoms with van der Waals surface area (Å²) >= 11 is 0. The van der Waals surface area contributed by atoms with Crippen LogP contribution in [0.15, 0.2) is 18.2 Å². The summed E-state index contributed by atoms with van der Waals surface area (Å²) < 4.78 is 17.9. The van der Waals surface area contributed by atoms with Crippen LogP contribution in [0, 0.1) is 15.9 Å². The lowest BCUT2D eigenvalue weighted by Crippen LogP contribution is -2.42. The Morgan fingerprint density at radius 3 is 2.67 bits per heavy atom. The van der Waals surface area contributed by atoms with Crippen molar-refractivity contribution in [3.63, 3.8) is 0 Å². The molecule has 0 fully saturated rings. The smallest absolute Gasteiger partial charge is 0.313 e. The molecule has 8 nitrogen and oxygen atoms in total. The molecule has 9 heteroatoms. The van der Waals surface area contributed by atoms with Crippen molar-refractivity contribution in [1.29, 1.82) is 0 Å². The molecule has 0 bridgehead atoms. The lowest BCUT2D eigenvalue weighted by atomic mass is 10.2. The zero-order chi connectivity index (χ0) is 16.0. The highest BCUT2D eigenvalue weighted by Crippen LogP contribution is 2.21. The molecular weight excluding hydrogens is 285 g/mol. The van der Waals surface area contributed by atoms with Gasteiger partial charge >= 0.3 is 17.5 Å². The van der Waals surface area contributed by atoms with E-state index >= 15 is 0 Å². The van der Waals surface area contributed by atoms with E-state index in [0.717, 1.165) is 18.2 Å². The van der Waals surface area contributed by atoms with E-state index in [2.05, 4.69) is 10.6 Å². The van der Waals surface area contributed by atoms with Crippen molar-refractivity contribution in [3.05, 3.63) is 34.1 Å². The van der Waals surface area contributed by atoms with Gasteiger partial charge in [0.2, 0.25) is 5.82 Å². The molecular formula is C12H14FN3O5. The second-order valence-electron chi connectivity index (χ2n) is 4.21. The number of nitrogens with zero attached hydrogens (tertiary/aromatic N) is 1. The Balaban J connectivity index is 2.73. The number of hydrogen-bond donors (Lipinski definition) is 2. The summed E-state index contributed by atoms with van der Waals surface area (Å²) in [7, 11) is 1.44. The van der Waals surface area contributed by atoms with Gasteiger partial charge in [0, 0.05) is 24.9 Å². The Bertz CT molecular complexity index is 564. The zero-order valence-electron chi connectivity index (χ0n) is 11.4. The Morgan fingerprint density at radius 1 is 1.43 bits per heavy atom. The van der Waals surface area contributed by atoms with E-state index in [1.165, 1.54) is 7.11 Å². The lowest BCUT2D eigenvalue weighted by Gasteiger charge is -2.12. The minimum Gasteiger partial charge on any atom is -0.383 e. The third-order valence-electron chi connectivity index (χ3n) is 2.40. The summed E-state index contributed by atoms with van der Waals surface area (Å²) in [6.45, 7) is 1.86. The second-order valence-corrected chi connectivity index (χ2v) is 4.21. The topological polar surface area (TPSA) is 111 Å². The molecule has 1 unspecified atom stereocenters. The molecule has 0 aliphatic carbocycles. The van der Waals surface area contributed by atoms with Crippen LogP contribution in [0.4, 0.5) is 15.8 Å². The first-order valence-corrected chi connectivity index (χ1v) is 5.90. The molecule has 0 spiro atoms. The molecule has 0 saturated carbocycles. The number of halogens is 1. The van der Waals surface area contributed by atoms with Crippen LogP contribution in [0.1, 0.15) is 6.92 Å². The molecule has 1 aromatic rings. The quantitative estimate of drug-likeness (QED) is 0.475. The third kappa shape index (κ3) is 4.80. The highest BCUT2D eigenvalue weighted by Gasteiger charge is 2.19. The molecule has 0 aliphatic rings. The molecule has 0 aromatic heterocycles. The van der Waals surface area contributed by atoms with Gasteiger partial charge in [-0.05, 0) is 19.1 Å². The van der Waals surface area contributed by atoms with Crippen LogP contribution in [0.2, 0.25) is 0 Å². The number of amides is 2. The molecule has 1 rings (SSSR count). The number of nitrogens with one attached hydrogen (secondary N) is 2. The monoisotopic (exact) mass is 299 g/mol. The van der Waals surface area contributed by atoms with Crippen LogP contribution in [-0.2, 0) is 14.3 Å². The van der Waals surface area contributed by atoms with Crippen molar-refractivity contribution in [2.24, 2.45) is 0 Å². The standard InChI is InChI=1S/C12H14FN3O5/c1-7(6-21-2)14-11(17)12(18)15-8-3-4-9(13)10(5-8)16(19)20/h3-5,7H,6H2,1-2H3,(H,14,17)(H,15,18). The van der Waals surface area contributed by atoms with Crippen molar-refractivity contribution >= 4 is 23.2 Å². The fourth-order valence-electron chi connectivity index (χ4n) is 1.50. The Kier molecular flexibility index (Phi) is 5.73. The molecule has 0 heterocycles. The van der Waals surface area contributed by atoms with Crippen LogP contribution in [0.5, 0.6) is 0 Å². The maximum Gasteiger partial charge on any atom is 0.313 e. The predicted octanol–water partition coefficient (Wildman–Crippen LogP) is 0.824. The van der Waals surface area contributed by atoms with Gasteiger partial charge in [-0.25, -0.2) is 0 Å². The number of methoxy groups -OCH3 is 1. The average Bonchev–Trinajstić information content (AvgIpc) is 2.40. The lowest BCUT2D eigenvalue weighted by molar-refractivity contribution is -0.387. The maximum absolute atomic E-state index is 13.1. The number of hydrogen-bond acceptors (Lipinski definition) is 5. The second kappa shape index (κ2) is 7.29. The number of anilines is 1. The molecule has 1 atom stereocenters. The van der Waals surface area contributed by atoms with Crippen LogP contribution in [0.3, 0.4) is 0 Å². The largest absolute Gasteiger partial charge is 0.383 e. The summed E-state index contributed by atoms with van der Waals surface area (Å²) in [5, 5.41) is 15.1. The molecule has 21 heavy (non-hydrogen) atoms. The number of benzene rings is 1. The van der Waals surface area contributed by atoms with Gasteiger partial charge in [-0.1, -0.05) is 0 Å². The SMILES string of the molecule is COCC(C)NC(=O)C(=O)Nc1ccc(F)c([N+](=O)[O-])c1. The van der Waals surface area contributed by atoms with Gasteiger partial charge in [0.05, 0.1) is 11.5 Å². The number of carbonyl (C=O) groups is 2. The minimum absolute atomic E-state index is 0.0531. The van der Waals surface area contributed by atoms with E-state index in [4.69, 9.17) is 4.74 Å². The summed E-state index contributed by atoms with van der Waals surface area (Å²) in [5.41, 5.74) is -0.844. The fourth-order valence-corrected chi connectivity index (χ4v) is 1.50. The van der Waals surface area contributed by atoms with Crippen molar-refractivity contribution in [2.75, 3.05) is 19.0 Å². The van der Waals surface area contributed by atoms with E-state index in [-0.39, 0.29) is 18.3 Å². The first-order chi connectivity index (χ1) is 9.85. The first-order valence-electron chi connectivity index (χ1n) is 5.90. The number of nitro groups is 1. The maximum atomic E-state index is 13.1. The summed E-state index contributed by atoms with van der Waals surface area (Å²) in [5.74, 6) is -2.97. The molecule has 0 aliphatic heterocycles. The molecule has 1 aromatic carbocycles. The summed E-state index contributed by atoms with van der Waals surface area (Å²) in [4.78, 5) is 32.8. The van der Waals surface area contributed by atoms with Crippen molar-refractivity contribution < 1.29 is 23.6 Å². The Morgan fingerprint density at radius 2 is 2.10 bits per heavy atom. The Hall–Kier alpha value is -2.55. The van der Waals surface area contributed by atoms with Gasteiger partial charge in [-0.15, -0.1) is 0 Å². The van der Waals surface area contributed by atoms with Gasteiger partial charge in [-0.2, -0.15) is 4.39 Å². The average molecular weight is 299 g/mol. The van der Waals surface area contributed by atoms with Crippen molar-refractivity contribution in [1.82, 2.24) is 5.32 Å². The van der Waals surface area contributed by atoms with Crippen LogP contribution in [-0.4, -0.2) is 36.5 Å². The third-order valence-corrected chi connectivity index (χ3v) is 2.40. The highest BCUT2D eigenvalue weighted by molar-refractivity contribution is 6.39. The fraction of sp³-hybridized carbons (Fsp3) is 0.333. The van der Waals surface area contributed by atoms with Gasteiger partial charge in [-0.3, -0.25) is 19.7 Å². The number of rotatable bonds is 5. The number of carbonyl (C=O) groups excluding carboxylic acids is 2. The van der Waals surface area contributed by atoms with E-state index in [9.17, 15) is 24.1 Å².